The van der Waals surface area contributed by atoms with Crippen LogP contribution in [0, 0.1) is 0 Å². The van der Waals surface area contributed by atoms with Crippen LogP contribution in [0.1, 0.15) is 11.6 Å². The Morgan fingerprint density at radius 3 is 2.24 bits per heavy atom. The number of aliphatic hydroxyl groups is 1. The minimum absolute atomic E-state index is 0.362. The molecule has 0 amide bonds. The van der Waals surface area contributed by atoms with Gasteiger partial charge in [-0.15, -0.1) is 0 Å². The average molecular weight is 326 g/mol. The fraction of sp³-hybridized carbons (Fsp3) is 0.250. The summed E-state index contributed by atoms with van der Waals surface area (Å²) in [6, 6.07) is 16.5. The third-order valence-electron chi connectivity index (χ3n) is 3.17. The van der Waals surface area contributed by atoms with Gasteiger partial charge in [0.2, 0.25) is 0 Å². The van der Waals surface area contributed by atoms with Crippen LogP contribution in [0.15, 0.2) is 54.6 Å². The van der Waals surface area contributed by atoms with Crippen LogP contribution in [0.4, 0.5) is 5.69 Å². The van der Waals surface area contributed by atoms with Crippen molar-refractivity contribution >= 4 is 28.9 Å². The lowest BCUT2D eigenvalue weighted by Crippen LogP contribution is -2.33. The summed E-state index contributed by atoms with van der Waals surface area (Å²) in [4.78, 5) is 0. The molecule has 0 aliphatic carbocycles. The number of methoxy groups -OCH3 is 1. The molecule has 0 aromatic heterocycles. The number of aliphatic hydroxyl groups excluding tert-OH is 1. The zero-order valence-corrected chi connectivity index (χ0v) is 13.1. The Bertz CT molecular complexity index is 558. The molecule has 1 unspecified atom stereocenters. The van der Waals surface area contributed by atoms with E-state index < -0.39 is 10.4 Å². The van der Waals surface area contributed by atoms with Gasteiger partial charge in [0.25, 0.3) is 0 Å². The molecule has 21 heavy (non-hydrogen) atoms. The maximum atomic E-state index is 9.46. The van der Waals surface area contributed by atoms with Gasteiger partial charge in [0.15, 0.2) is 4.33 Å². The van der Waals surface area contributed by atoms with Crippen LogP contribution in [0.5, 0.6) is 5.75 Å². The van der Waals surface area contributed by atoms with E-state index in [9.17, 15) is 5.11 Å². The van der Waals surface area contributed by atoms with Crippen LogP contribution < -0.4 is 10.1 Å². The average Bonchev–Trinajstić information content (AvgIpc) is 2.54. The number of nitrogens with one attached hydrogen (secondary N) is 1. The Kier molecular flexibility index (Phi) is 5.34. The molecular weight excluding hydrogens is 309 g/mol. The normalized spacial score (nSPS) is 12.8. The molecule has 2 aromatic carbocycles. The van der Waals surface area contributed by atoms with Gasteiger partial charge < -0.3 is 15.2 Å². The first-order valence-electron chi connectivity index (χ1n) is 6.51. The molecule has 2 aromatic rings. The van der Waals surface area contributed by atoms with Crippen molar-refractivity contribution in [3.05, 3.63) is 60.2 Å². The molecule has 0 bridgehead atoms. The van der Waals surface area contributed by atoms with Crippen molar-refractivity contribution < 1.29 is 9.84 Å². The lowest BCUT2D eigenvalue weighted by molar-refractivity contribution is 0.268. The Labute approximate surface area is 134 Å². The number of rotatable bonds is 6. The molecule has 5 heteroatoms. The molecule has 0 fully saturated rings. The maximum Gasteiger partial charge on any atom is 0.165 e. The minimum atomic E-state index is -1.33. The van der Waals surface area contributed by atoms with Gasteiger partial charge in [-0.2, -0.15) is 0 Å². The summed E-state index contributed by atoms with van der Waals surface area (Å²) < 4.78 is 3.80. The summed E-state index contributed by atoms with van der Waals surface area (Å²) in [7, 11) is 1.61. The Balaban J connectivity index is 2.27. The molecule has 0 radical (unpaired) electrons. The van der Waals surface area contributed by atoms with Gasteiger partial charge >= 0.3 is 0 Å². The van der Waals surface area contributed by atoms with E-state index in [-0.39, 0.29) is 6.61 Å². The molecule has 3 nitrogen and oxygen atoms in total. The van der Waals surface area contributed by atoms with E-state index in [1.165, 1.54) is 0 Å². The third-order valence-corrected chi connectivity index (χ3v) is 3.84. The number of hydrogen-bond acceptors (Lipinski definition) is 3. The van der Waals surface area contributed by atoms with Crippen LogP contribution in [0.25, 0.3) is 0 Å². The quantitative estimate of drug-likeness (QED) is 0.788. The molecule has 0 heterocycles. The van der Waals surface area contributed by atoms with Gasteiger partial charge in [0.1, 0.15) is 5.75 Å². The SMILES string of the molecule is COc1ccc(NC(c2ccccc2)C(Cl)(Cl)CO)cc1. The van der Waals surface area contributed by atoms with Crippen LogP contribution in [0.3, 0.4) is 0 Å². The standard InChI is InChI=1S/C16H17Cl2NO2/c1-21-14-9-7-13(8-10-14)19-15(16(17,18)11-20)12-5-3-2-4-6-12/h2-10,15,19-20H,11H2,1H3. The molecule has 0 saturated heterocycles. The molecule has 2 rings (SSSR count). The van der Waals surface area contributed by atoms with Crippen molar-refractivity contribution in [3.8, 4) is 5.75 Å². The number of benzene rings is 2. The largest absolute Gasteiger partial charge is 0.497 e. The van der Waals surface area contributed by atoms with E-state index in [1.54, 1.807) is 7.11 Å². The molecule has 0 saturated carbocycles. The van der Waals surface area contributed by atoms with E-state index in [4.69, 9.17) is 27.9 Å². The molecule has 112 valence electrons. The minimum Gasteiger partial charge on any atom is -0.497 e. The number of halogens is 2. The van der Waals surface area contributed by atoms with Crippen molar-refractivity contribution in [3.63, 3.8) is 0 Å². The first-order valence-corrected chi connectivity index (χ1v) is 7.26. The number of alkyl halides is 2. The fourth-order valence-corrected chi connectivity index (χ4v) is 2.38. The molecular formula is C16H17Cl2NO2. The highest BCUT2D eigenvalue weighted by atomic mass is 35.5. The first kappa shape index (κ1) is 16.0. The van der Waals surface area contributed by atoms with Crippen molar-refractivity contribution in [2.24, 2.45) is 0 Å². The van der Waals surface area contributed by atoms with E-state index in [1.807, 2.05) is 54.6 Å². The zero-order valence-electron chi connectivity index (χ0n) is 11.6. The Morgan fingerprint density at radius 2 is 1.71 bits per heavy atom. The second-order valence-corrected chi connectivity index (χ2v) is 6.18. The highest BCUT2D eigenvalue weighted by molar-refractivity contribution is 6.49. The van der Waals surface area contributed by atoms with Gasteiger partial charge in [-0.1, -0.05) is 53.5 Å². The van der Waals surface area contributed by atoms with Gasteiger partial charge in [0.05, 0.1) is 19.8 Å². The smallest absolute Gasteiger partial charge is 0.165 e. The first-order chi connectivity index (χ1) is 10.1. The highest BCUT2D eigenvalue weighted by Gasteiger charge is 2.35. The predicted octanol–water partition coefficient (Wildman–Crippen LogP) is 4.01. The summed E-state index contributed by atoms with van der Waals surface area (Å²) in [6.45, 7) is -0.362. The molecule has 0 spiro atoms. The summed E-state index contributed by atoms with van der Waals surface area (Å²) in [5, 5.41) is 12.7. The van der Waals surface area contributed by atoms with Crippen molar-refractivity contribution in [2.45, 2.75) is 10.4 Å². The van der Waals surface area contributed by atoms with E-state index in [0.717, 1.165) is 17.0 Å². The number of ether oxygens (including phenoxy) is 1. The fourth-order valence-electron chi connectivity index (χ4n) is 2.02. The van der Waals surface area contributed by atoms with Gasteiger partial charge in [-0.3, -0.25) is 0 Å². The lowest BCUT2D eigenvalue weighted by atomic mass is 10.0. The molecule has 0 aliphatic rings. The van der Waals surface area contributed by atoms with E-state index >= 15 is 0 Å². The van der Waals surface area contributed by atoms with Crippen molar-refractivity contribution in [1.29, 1.82) is 0 Å². The Morgan fingerprint density at radius 1 is 1.10 bits per heavy atom. The van der Waals surface area contributed by atoms with Crippen molar-refractivity contribution in [1.82, 2.24) is 0 Å². The Hall–Kier alpha value is -1.42. The second kappa shape index (κ2) is 7.03. The summed E-state index contributed by atoms with van der Waals surface area (Å²) >= 11 is 12.5. The highest BCUT2D eigenvalue weighted by Crippen LogP contribution is 2.38. The third kappa shape index (κ3) is 4.03. The van der Waals surface area contributed by atoms with Gasteiger partial charge in [-0.25, -0.2) is 0 Å². The number of hydrogen-bond donors (Lipinski definition) is 2. The van der Waals surface area contributed by atoms with Crippen LogP contribution >= 0.6 is 23.2 Å². The van der Waals surface area contributed by atoms with E-state index in [2.05, 4.69) is 5.32 Å². The topological polar surface area (TPSA) is 41.5 Å². The van der Waals surface area contributed by atoms with Gasteiger partial charge in [-0.05, 0) is 29.8 Å². The predicted molar refractivity (Wildman–Crippen MR) is 87.3 cm³/mol. The monoisotopic (exact) mass is 325 g/mol. The van der Waals surface area contributed by atoms with Crippen LogP contribution in [-0.4, -0.2) is 23.2 Å². The zero-order chi connectivity index (χ0) is 15.3. The molecule has 1 atom stereocenters. The van der Waals surface area contributed by atoms with Crippen molar-refractivity contribution in [2.75, 3.05) is 19.0 Å². The van der Waals surface area contributed by atoms with Crippen LogP contribution in [-0.2, 0) is 0 Å². The summed E-state index contributed by atoms with van der Waals surface area (Å²) in [6.07, 6.45) is 0. The number of anilines is 1. The summed E-state index contributed by atoms with van der Waals surface area (Å²) in [5.41, 5.74) is 1.73. The molecule has 2 N–H and O–H groups in total. The second-order valence-electron chi connectivity index (χ2n) is 4.64. The summed E-state index contributed by atoms with van der Waals surface area (Å²) in [5.74, 6) is 0.766. The van der Waals surface area contributed by atoms with E-state index in [0.29, 0.717) is 0 Å². The van der Waals surface area contributed by atoms with Gasteiger partial charge in [0, 0.05) is 5.69 Å². The lowest BCUT2D eigenvalue weighted by Gasteiger charge is -2.30. The molecule has 0 aliphatic heterocycles. The van der Waals surface area contributed by atoms with Crippen LogP contribution in [0.2, 0.25) is 0 Å². The maximum absolute atomic E-state index is 9.46.